The van der Waals surface area contributed by atoms with Crippen molar-refractivity contribution < 1.29 is 9.53 Å². The molecule has 22 heavy (non-hydrogen) atoms. The molecule has 2 aliphatic rings. The van der Waals surface area contributed by atoms with Crippen LogP contribution in [0, 0.1) is 35.0 Å². The van der Waals surface area contributed by atoms with E-state index in [9.17, 15) is 4.79 Å². The summed E-state index contributed by atoms with van der Waals surface area (Å²) in [5.41, 5.74) is 1.35. The van der Waals surface area contributed by atoms with Gasteiger partial charge in [-0.3, -0.25) is 4.79 Å². The van der Waals surface area contributed by atoms with Gasteiger partial charge in [-0.2, -0.15) is 0 Å². The van der Waals surface area contributed by atoms with E-state index in [2.05, 4.69) is 54.5 Å². The highest BCUT2D eigenvalue weighted by atomic mass is 16.5. The monoisotopic (exact) mass is 306 g/mol. The van der Waals surface area contributed by atoms with Gasteiger partial charge in [0.1, 0.15) is 6.10 Å². The van der Waals surface area contributed by atoms with Crippen LogP contribution in [-0.4, -0.2) is 12.1 Å². The van der Waals surface area contributed by atoms with Crippen molar-refractivity contribution in [3.05, 3.63) is 11.6 Å². The topological polar surface area (TPSA) is 26.3 Å². The highest BCUT2D eigenvalue weighted by Gasteiger charge is 2.61. The standard InChI is InChI=1S/C20H34O2/c1-12(2)10-16-18(20(16,6)7)19(21)22-17-11-14(5)8-9-15(17)13(3)4/h10,13-18H,8-9,11H2,1-7H3/t14-,15+,16+,17-,18-/m1/s1. The van der Waals surface area contributed by atoms with Crippen molar-refractivity contribution in [2.24, 2.45) is 35.0 Å². The van der Waals surface area contributed by atoms with Crippen molar-refractivity contribution >= 4 is 5.97 Å². The second-order valence-corrected chi connectivity index (χ2v) is 8.87. The highest BCUT2D eigenvalue weighted by molar-refractivity contribution is 5.78. The van der Waals surface area contributed by atoms with E-state index < -0.39 is 0 Å². The van der Waals surface area contributed by atoms with Crippen LogP contribution in [0.1, 0.15) is 67.7 Å². The van der Waals surface area contributed by atoms with Gasteiger partial charge in [0, 0.05) is 0 Å². The molecular weight excluding hydrogens is 272 g/mol. The Morgan fingerprint density at radius 1 is 1.23 bits per heavy atom. The zero-order chi connectivity index (χ0) is 16.7. The number of carbonyl (C=O) groups excluding carboxylic acids is 1. The molecule has 0 radical (unpaired) electrons. The molecule has 0 amide bonds. The highest BCUT2D eigenvalue weighted by Crippen LogP contribution is 2.60. The maximum absolute atomic E-state index is 12.7. The van der Waals surface area contributed by atoms with Gasteiger partial charge in [-0.1, -0.05) is 52.7 Å². The van der Waals surface area contributed by atoms with E-state index in [-0.39, 0.29) is 23.4 Å². The molecule has 0 aromatic heterocycles. The minimum Gasteiger partial charge on any atom is -0.462 e. The number of hydrogen-bond donors (Lipinski definition) is 0. The van der Waals surface area contributed by atoms with Crippen LogP contribution in [0.15, 0.2) is 11.6 Å². The largest absolute Gasteiger partial charge is 0.462 e. The zero-order valence-corrected chi connectivity index (χ0v) is 15.5. The van der Waals surface area contributed by atoms with E-state index in [0.29, 0.717) is 23.7 Å². The average Bonchev–Trinajstić information content (AvgIpc) is 2.89. The first-order valence-electron chi connectivity index (χ1n) is 9.00. The molecule has 2 heteroatoms. The van der Waals surface area contributed by atoms with Gasteiger partial charge in [-0.05, 0) is 55.8 Å². The SMILES string of the molecule is CC(C)=C[C@H]1[C@H](C(=O)O[C@@H]2C[C@H](C)CC[C@H]2C(C)C)C1(C)C. The molecule has 0 aliphatic heterocycles. The Morgan fingerprint density at radius 2 is 1.86 bits per heavy atom. The molecule has 0 spiro atoms. The second-order valence-electron chi connectivity index (χ2n) is 8.87. The van der Waals surface area contributed by atoms with Gasteiger partial charge >= 0.3 is 5.97 Å². The van der Waals surface area contributed by atoms with Crippen LogP contribution in [0.3, 0.4) is 0 Å². The second kappa shape index (κ2) is 6.37. The maximum Gasteiger partial charge on any atom is 0.310 e. The molecule has 0 aromatic carbocycles. The lowest BCUT2D eigenvalue weighted by Gasteiger charge is -2.36. The molecular formula is C20H34O2. The van der Waals surface area contributed by atoms with Crippen LogP contribution < -0.4 is 0 Å². The molecule has 2 nitrogen and oxygen atoms in total. The van der Waals surface area contributed by atoms with Crippen molar-refractivity contribution in [1.29, 1.82) is 0 Å². The van der Waals surface area contributed by atoms with Gasteiger partial charge in [-0.15, -0.1) is 0 Å². The van der Waals surface area contributed by atoms with Crippen LogP contribution in [0.5, 0.6) is 0 Å². The molecule has 0 unspecified atom stereocenters. The lowest BCUT2D eigenvalue weighted by atomic mass is 9.75. The molecule has 2 rings (SSSR count). The third-order valence-corrected chi connectivity index (χ3v) is 5.91. The molecule has 0 heterocycles. The molecule has 0 saturated heterocycles. The first-order valence-corrected chi connectivity index (χ1v) is 9.00. The molecule has 126 valence electrons. The smallest absolute Gasteiger partial charge is 0.310 e. The van der Waals surface area contributed by atoms with E-state index in [0.717, 1.165) is 6.42 Å². The Hall–Kier alpha value is -0.790. The summed E-state index contributed by atoms with van der Waals surface area (Å²) < 4.78 is 6.04. The van der Waals surface area contributed by atoms with Crippen LogP contribution in [0.2, 0.25) is 0 Å². The fourth-order valence-electron chi connectivity index (χ4n) is 4.27. The van der Waals surface area contributed by atoms with Gasteiger partial charge in [0.25, 0.3) is 0 Å². The Balaban J connectivity index is 2.03. The molecule has 2 saturated carbocycles. The fourth-order valence-corrected chi connectivity index (χ4v) is 4.27. The summed E-state index contributed by atoms with van der Waals surface area (Å²) in [6.45, 7) is 15.4. The summed E-state index contributed by atoms with van der Waals surface area (Å²) >= 11 is 0. The number of hydrogen-bond acceptors (Lipinski definition) is 2. The van der Waals surface area contributed by atoms with E-state index in [1.807, 2.05) is 0 Å². The van der Waals surface area contributed by atoms with Crippen LogP contribution in [0.25, 0.3) is 0 Å². The third kappa shape index (κ3) is 3.58. The summed E-state index contributed by atoms with van der Waals surface area (Å²) in [6, 6.07) is 0. The number of esters is 1. The first-order chi connectivity index (χ1) is 10.1. The summed E-state index contributed by atoms with van der Waals surface area (Å²) in [6.07, 6.45) is 5.87. The minimum atomic E-state index is 0.0391. The van der Waals surface area contributed by atoms with Gasteiger partial charge in [0.15, 0.2) is 0 Å². The lowest BCUT2D eigenvalue weighted by molar-refractivity contribution is -0.158. The molecule has 0 N–H and O–H groups in total. The summed E-state index contributed by atoms with van der Waals surface area (Å²) in [5.74, 6) is 2.23. The van der Waals surface area contributed by atoms with Gasteiger partial charge < -0.3 is 4.74 Å². The zero-order valence-electron chi connectivity index (χ0n) is 15.5. The normalized spacial score (nSPS) is 36.8. The predicted molar refractivity (Wildman–Crippen MR) is 91.4 cm³/mol. The quantitative estimate of drug-likeness (QED) is 0.525. The number of ether oxygens (including phenoxy) is 1. The fraction of sp³-hybridized carbons (Fsp3) is 0.850. The van der Waals surface area contributed by atoms with Crippen molar-refractivity contribution in [3.63, 3.8) is 0 Å². The lowest BCUT2D eigenvalue weighted by Crippen LogP contribution is -2.36. The number of allylic oxidation sites excluding steroid dienone is 2. The van der Waals surface area contributed by atoms with Gasteiger partial charge in [-0.25, -0.2) is 0 Å². The Kier molecular flexibility index (Phi) is 5.09. The third-order valence-electron chi connectivity index (χ3n) is 5.91. The predicted octanol–water partition coefficient (Wildman–Crippen LogP) is 5.23. The Labute approximate surface area is 136 Å². The summed E-state index contributed by atoms with van der Waals surface area (Å²) in [7, 11) is 0. The Morgan fingerprint density at radius 3 is 2.41 bits per heavy atom. The van der Waals surface area contributed by atoms with Gasteiger partial charge in [0.2, 0.25) is 0 Å². The van der Waals surface area contributed by atoms with Crippen molar-refractivity contribution in [3.8, 4) is 0 Å². The van der Waals surface area contributed by atoms with E-state index in [1.54, 1.807) is 0 Å². The van der Waals surface area contributed by atoms with E-state index in [4.69, 9.17) is 4.74 Å². The van der Waals surface area contributed by atoms with E-state index >= 15 is 0 Å². The maximum atomic E-state index is 12.7. The molecule has 2 aliphatic carbocycles. The minimum absolute atomic E-state index is 0.0391. The average molecular weight is 306 g/mol. The molecule has 5 atom stereocenters. The first kappa shape index (κ1) is 17.6. The Bertz CT molecular complexity index is 443. The van der Waals surface area contributed by atoms with Crippen LogP contribution in [-0.2, 0) is 9.53 Å². The molecule has 2 fully saturated rings. The summed E-state index contributed by atoms with van der Waals surface area (Å²) in [5, 5.41) is 0. The number of rotatable bonds is 4. The van der Waals surface area contributed by atoms with Crippen LogP contribution >= 0.6 is 0 Å². The van der Waals surface area contributed by atoms with Crippen LogP contribution in [0.4, 0.5) is 0 Å². The van der Waals surface area contributed by atoms with Crippen molar-refractivity contribution in [1.82, 2.24) is 0 Å². The van der Waals surface area contributed by atoms with Gasteiger partial charge in [0.05, 0.1) is 5.92 Å². The van der Waals surface area contributed by atoms with Crippen molar-refractivity contribution in [2.45, 2.75) is 73.8 Å². The van der Waals surface area contributed by atoms with Crippen molar-refractivity contribution in [2.75, 3.05) is 0 Å². The van der Waals surface area contributed by atoms with E-state index in [1.165, 1.54) is 18.4 Å². The molecule has 0 aromatic rings. The number of carbonyl (C=O) groups is 1. The summed E-state index contributed by atoms with van der Waals surface area (Å²) in [4.78, 5) is 12.7. The molecule has 0 bridgehead atoms.